The summed E-state index contributed by atoms with van der Waals surface area (Å²) in [4.78, 5) is 14.6. The molecule has 0 aliphatic rings. The molecular weight excluding hydrogens is 556 g/mol. The molecule has 0 aliphatic heterocycles. The summed E-state index contributed by atoms with van der Waals surface area (Å²) in [5.41, 5.74) is 5.36. The fraction of sp³-hybridized carbons (Fsp3) is 0.500. The molecule has 38 heavy (non-hydrogen) atoms. The zero-order valence-corrected chi connectivity index (χ0v) is 25.6. The fourth-order valence-corrected chi connectivity index (χ4v) is 5.11. The summed E-state index contributed by atoms with van der Waals surface area (Å²) in [7, 11) is 0. The number of rotatable bonds is 18. The van der Waals surface area contributed by atoms with Gasteiger partial charge in [-0.15, -0.1) is 0 Å². The zero-order valence-electron chi connectivity index (χ0n) is 23.2. The SMILES string of the molecule is CCCCCCCCCCCCOc1ccc(CN(C(=O)CC)c2ccc(C[n+]3ccsc3)cc2)cc1.[Br-]. The van der Waals surface area contributed by atoms with Gasteiger partial charge in [0.1, 0.15) is 5.75 Å². The number of hydrogen-bond acceptors (Lipinski definition) is 3. The monoisotopic (exact) mass is 600 g/mol. The van der Waals surface area contributed by atoms with Crippen molar-refractivity contribution in [3.05, 3.63) is 76.7 Å². The van der Waals surface area contributed by atoms with Gasteiger partial charge in [-0.05, 0) is 36.2 Å². The summed E-state index contributed by atoms with van der Waals surface area (Å²) in [6.45, 7) is 6.36. The van der Waals surface area contributed by atoms with Gasteiger partial charge in [0.15, 0.2) is 12.7 Å². The molecule has 4 nitrogen and oxygen atoms in total. The molecule has 0 saturated carbocycles. The van der Waals surface area contributed by atoms with Gasteiger partial charge in [0.25, 0.3) is 0 Å². The lowest BCUT2D eigenvalue weighted by Crippen LogP contribution is -3.00. The number of unbranched alkanes of at least 4 members (excludes halogenated alkanes) is 9. The van der Waals surface area contributed by atoms with E-state index in [1.165, 1.54) is 63.4 Å². The maximum Gasteiger partial charge on any atom is 0.227 e. The molecule has 0 unspecified atom stereocenters. The molecule has 0 atom stereocenters. The van der Waals surface area contributed by atoms with Gasteiger partial charge >= 0.3 is 0 Å². The number of benzene rings is 2. The van der Waals surface area contributed by atoms with Gasteiger partial charge < -0.3 is 26.6 Å². The minimum absolute atomic E-state index is 0. The van der Waals surface area contributed by atoms with Crippen LogP contribution in [-0.2, 0) is 17.9 Å². The number of ether oxygens (including phenoxy) is 1. The molecule has 0 spiro atoms. The Kier molecular flexibility index (Phi) is 16.0. The fourth-order valence-electron chi connectivity index (χ4n) is 4.51. The lowest BCUT2D eigenvalue weighted by molar-refractivity contribution is -0.683. The van der Waals surface area contributed by atoms with Crippen molar-refractivity contribution >= 4 is 22.9 Å². The highest BCUT2D eigenvalue weighted by atomic mass is 79.9. The highest BCUT2D eigenvalue weighted by molar-refractivity contribution is 7.07. The zero-order chi connectivity index (χ0) is 26.1. The maximum absolute atomic E-state index is 12.8. The molecule has 208 valence electrons. The highest BCUT2D eigenvalue weighted by Crippen LogP contribution is 2.21. The van der Waals surface area contributed by atoms with Crippen molar-refractivity contribution in [2.75, 3.05) is 11.5 Å². The van der Waals surface area contributed by atoms with Gasteiger partial charge in [0.2, 0.25) is 11.4 Å². The van der Waals surface area contributed by atoms with Crippen LogP contribution in [0.25, 0.3) is 0 Å². The summed E-state index contributed by atoms with van der Waals surface area (Å²) in [5, 5.41) is 2.07. The molecule has 0 radical (unpaired) electrons. The number of halogens is 1. The van der Waals surface area contributed by atoms with Gasteiger partial charge in [0, 0.05) is 17.7 Å². The average Bonchev–Trinajstić information content (AvgIpc) is 3.44. The summed E-state index contributed by atoms with van der Waals surface area (Å²) >= 11 is 1.69. The molecule has 0 bridgehead atoms. The van der Waals surface area contributed by atoms with Crippen LogP contribution < -0.4 is 31.2 Å². The molecular formula is C32H45BrN2O2S. The molecule has 2 aromatic carbocycles. The Morgan fingerprint density at radius 2 is 1.42 bits per heavy atom. The van der Waals surface area contributed by atoms with E-state index in [1.54, 1.807) is 11.3 Å². The van der Waals surface area contributed by atoms with E-state index in [2.05, 4.69) is 65.0 Å². The Hall–Kier alpha value is -2.18. The van der Waals surface area contributed by atoms with Crippen LogP contribution in [0, 0.1) is 0 Å². The van der Waals surface area contributed by atoms with Crippen molar-refractivity contribution in [2.45, 2.75) is 97.6 Å². The number of hydrogen-bond donors (Lipinski definition) is 0. The number of carbonyl (C=O) groups excluding carboxylic acids is 1. The van der Waals surface area contributed by atoms with E-state index in [0.29, 0.717) is 13.0 Å². The van der Waals surface area contributed by atoms with Crippen molar-refractivity contribution in [3.63, 3.8) is 0 Å². The predicted molar refractivity (Wildman–Crippen MR) is 155 cm³/mol. The second kappa shape index (κ2) is 19.0. The van der Waals surface area contributed by atoms with Gasteiger partial charge in [-0.3, -0.25) is 4.79 Å². The van der Waals surface area contributed by atoms with Crippen molar-refractivity contribution < 1.29 is 31.1 Å². The van der Waals surface area contributed by atoms with Crippen LogP contribution in [0.5, 0.6) is 5.75 Å². The molecule has 6 heteroatoms. The molecule has 0 N–H and O–H groups in total. The van der Waals surface area contributed by atoms with E-state index in [9.17, 15) is 4.79 Å². The van der Waals surface area contributed by atoms with E-state index in [0.717, 1.165) is 36.6 Å². The number of nitrogens with zero attached hydrogens (tertiary/aromatic N) is 2. The third-order valence-corrected chi connectivity index (χ3v) is 7.45. The average molecular weight is 602 g/mol. The van der Waals surface area contributed by atoms with Crippen molar-refractivity contribution in [1.82, 2.24) is 0 Å². The van der Waals surface area contributed by atoms with Crippen LogP contribution in [-0.4, -0.2) is 12.5 Å². The van der Waals surface area contributed by atoms with E-state index in [1.807, 2.05) is 24.0 Å². The minimum Gasteiger partial charge on any atom is -1.00 e. The maximum atomic E-state index is 12.8. The molecule has 1 heterocycles. The Morgan fingerprint density at radius 3 is 2.00 bits per heavy atom. The number of aromatic nitrogens is 1. The van der Waals surface area contributed by atoms with Crippen LogP contribution >= 0.6 is 11.3 Å². The molecule has 3 rings (SSSR count). The lowest BCUT2D eigenvalue weighted by Gasteiger charge is -2.23. The first kappa shape index (κ1) is 32.0. The first-order chi connectivity index (χ1) is 18.2. The Balaban J connectivity index is 0.00000507. The number of amides is 1. The number of anilines is 1. The van der Waals surface area contributed by atoms with E-state index in [-0.39, 0.29) is 22.9 Å². The molecule has 0 aliphatic carbocycles. The summed E-state index contributed by atoms with van der Waals surface area (Å²) in [5.74, 6) is 1.03. The van der Waals surface area contributed by atoms with Crippen molar-refractivity contribution in [3.8, 4) is 5.75 Å². The lowest BCUT2D eigenvalue weighted by atomic mass is 10.1. The molecule has 3 aromatic rings. The van der Waals surface area contributed by atoms with Crippen LogP contribution in [0.15, 0.2) is 65.6 Å². The first-order valence-electron chi connectivity index (χ1n) is 14.2. The van der Waals surface area contributed by atoms with Crippen molar-refractivity contribution in [1.29, 1.82) is 0 Å². The minimum atomic E-state index is 0. The molecule has 0 saturated heterocycles. The Bertz CT molecular complexity index is 1010. The van der Waals surface area contributed by atoms with Crippen LogP contribution in [0.4, 0.5) is 5.69 Å². The summed E-state index contributed by atoms with van der Waals surface area (Å²) in [6, 6.07) is 16.5. The first-order valence-corrected chi connectivity index (χ1v) is 15.2. The molecule has 0 fully saturated rings. The standard InChI is InChI=1S/C32H45N2O2S.BrH/c1-3-5-6-7-8-9-10-11-12-13-23-36-31-20-16-29(17-21-31)26-34(32(35)4-2)30-18-14-28(15-19-30)25-33-22-24-37-27-33;/h14-22,24,27H,3-13,23,25-26H2,1-2H3;1H/q+1;/p-1. The largest absolute Gasteiger partial charge is 1.00 e. The van der Waals surface area contributed by atoms with Gasteiger partial charge in [-0.1, -0.05) is 107 Å². The summed E-state index contributed by atoms with van der Waals surface area (Å²) < 4.78 is 8.13. The second-order valence-corrected chi connectivity index (χ2v) is 10.6. The van der Waals surface area contributed by atoms with Crippen LogP contribution in [0.2, 0.25) is 0 Å². The normalized spacial score (nSPS) is 10.7. The smallest absolute Gasteiger partial charge is 0.227 e. The Morgan fingerprint density at radius 1 is 0.816 bits per heavy atom. The van der Waals surface area contributed by atoms with Gasteiger partial charge in [-0.2, -0.15) is 4.57 Å². The van der Waals surface area contributed by atoms with Gasteiger partial charge in [0.05, 0.1) is 18.5 Å². The van der Waals surface area contributed by atoms with E-state index < -0.39 is 0 Å². The van der Waals surface area contributed by atoms with E-state index >= 15 is 0 Å². The number of thiazole rings is 1. The number of carbonyl (C=O) groups is 1. The second-order valence-electron chi connectivity index (χ2n) is 9.87. The quantitative estimate of drug-likeness (QED) is 0.146. The Labute approximate surface area is 244 Å². The van der Waals surface area contributed by atoms with Crippen LogP contribution in [0.3, 0.4) is 0 Å². The van der Waals surface area contributed by atoms with Crippen molar-refractivity contribution in [2.24, 2.45) is 0 Å². The topological polar surface area (TPSA) is 33.4 Å². The highest BCUT2D eigenvalue weighted by Gasteiger charge is 2.15. The summed E-state index contributed by atoms with van der Waals surface area (Å²) in [6.07, 6.45) is 15.9. The molecule has 1 aromatic heterocycles. The third kappa shape index (κ3) is 11.7. The van der Waals surface area contributed by atoms with Crippen LogP contribution in [0.1, 0.15) is 95.6 Å². The third-order valence-electron chi connectivity index (χ3n) is 6.77. The predicted octanol–water partition coefficient (Wildman–Crippen LogP) is 5.33. The van der Waals surface area contributed by atoms with Gasteiger partial charge in [-0.25, -0.2) is 0 Å². The van der Waals surface area contributed by atoms with E-state index in [4.69, 9.17) is 4.74 Å². The molecule has 1 amide bonds.